The second-order valence-corrected chi connectivity index (χ2v) is 7.79. The number of nitrogens with zero attached hydrogens (tertiary/aromatic N) is 1. The molecule has 0 aliphatic rings. The van der Waals surface area contributed by atoms with Gasteiger partial charge in [0.2, 0.25) is 17.7 Å². The summed E-state index contributed by atoms with van der Waals surface area (Å²) in [5.74, 6) is -0.591. The molecule has 33 heavy (non-hydrogen) atoms. The lowest BCUT2D eigenvalue weighted by Gasteiger charge is -2.24. The van der Waals surface area contributed by atoms with E-state index < -0.39 is 0 Å². The standard InChI is InChI=1S/C27H29N3O3/c1-3-30(19-26(32)29-24-16-14-23(15-17-24)28-20(2)31)27(33)18-25(21-10-6-4-7-11-21)22-12-8-5-9-13-22/h4-17,25H,3,18-19H2,1-2H3,(H,28,31)(H,29,32). The van der Waals surface area contributed by atoms with Crippen LogP contribution in [-0.2, 0) is 14.4 Å². The zero-order valence-corrected chi connectivity index (χ0v) is 19.0. The van der Waals surface area contributed by atoms with Crippen LogP contribution in [-0.4, -0.2) is 35.7 Å². The lowest BCUT2D eigenvalue weighted by atomic mass is 9.88. The minimum absolute atomic E-state index is 0.0287. The van der Waals surface area contributed by atoms with Crippen molar-refractivity contribution < 1.29 is 14.4 Å². The van der Waals surface area contributed by atoms with Gasteiger partial charge in [0.15, 0.2) is 0 Å². The Hall–Kier alpha value is -3.93. The fourth-order valence-electron chi connectivity index (χ4n) is 3.69. The fraction of sp³-hybridized carbons (Fsp3) is 0.222. The number of likely N-dealkylation sites (N-methyl/N-ethyl adjacent to an activating group) is 1. The Balaban J connectivity index is 1.65. The monoisotopic (exact) mass is 443 g/mol. The average Bonchev–Trinajstić information content (AvgIpc) is 2.83. The van der Waals surface area contributed by atoms with Crippen molar-refractivity contribution in [2.45, 2.75) is 26.2 Å². The molecule has 0 aliphatic heterocycles. The average molecular weight is 444 g/mol. The predicted octanol–water partition coefficient (Wildman–Crippen LogP) is 4.65. The number of nitrogens with one attached hydrogen (secondary N) is 2. The van der Waals surface area contributed by atoms with Crippen LogP contribution in [0.2, 0.25) is 0 Å². The Morgan fingerprint density at radius 3 is 1.70 bits per heavy atom. The smallest absolute Gasteiger partial charge is 0.243 e. The van der Waals surface area contributed by atoms with E-state index in [1.807, 2.05) is 67.6 Å². The molecule has 0 aromatic heterocycles. The van der Waals surface area contributed by atoms with Crippen LogP contribution in [0.1, 0.15) is 37.3 Å². The van der Waals surface area contributed by atoms with Crippen LogP contribution in [0.15, 0.2) is 84.9 Å². The molecule has 0 bridgehead atoms. The summed E-state index contributed by atoms with van der Waals surface area (Å²) in [6.45, 7) is 3.71. The Labute approximate surface area is 194 Å². The van der Waals surface area contributed by atoms with Crippen LogP contribution in [0.25, 0.3) is 0 Å². The zero-order valence-electron chi connectivity index (χ0n) is 19.0. The first-order valence-electron chi connectivity index (χ1n) is 11.0. The second-order valence-electron chi connectivity index (χ2n) is 7.79. The van der Waals surface area contributed by atoms with E-state index in [0.29, 0.717) is 17.9 Å². The van der Waals surface area contributed by atoms with Crippen LogP contribution in [0, 0.1) is 0 Å². The van der Waals surface area contributed by atoms with Crippen molar-refractivity contribution in [3.05, 3.63) is 96.1 Å². The number of carbonyl (C=O) groups excluding carboxylic acids is 3. The van der Waals surface area contributed by atoms with Crippen molar-refractivity contribution in [1.29, 1.82) is 0 Å². The lowest BCUT2D eigenvalue weighted by molar-refractivity contribution is -0.134. The maximum absolute atomic E-state index is 13.2. The highest BCUT2D eigenvalue weighted by molar-refractivity contribution is 5.95. The van der Waals surface area contributed by atoms with Crippen LogP contribution >= 0.6 is 0 Å². The molecule has 0 saturated heterocycles. The fourth-order valence-corrected chi connectivity index (χ4v) is 3.69. The molecule has 0 radical (unpaired) electrons. The molecule has 0 saturated carbocycles. The third kappa shape index (κ3) is 7.04. The van der Waals surface area contributed by atoms with Crippen molar-refractivity contribution in [1.82, 2.24) is 4.90 Å². The topological polar surface area (TPSA) is 78.5 Å². The van der Waals surface area contributed by atoms with Gasteiger partial charge in [-0.05, 0) is 42.3 Å². The molecule has 3 aromatic carbocycles. The van der Waals surface area contributed by atoms with Gasteiger partial charge in [0, 0.05) is 37.2 Å². The Morgan fingerprint density at radius 2 is 1.24 bits per heavy atom. The lowest BCUT2D eigenvalue weighted by Crippen LogP contribution is -2.38. The highest BCUT2D eigenvalue weighted by Gasteiger charge is 2.22. The highest BCUT2D eigenvalue weighted by atomic mass is 16.2. The van der Waals surface area contributed by atoms with E-state index in [9.17, 15) is 14.4 Å². The van der Waals surface area contributed by atoms with E-state index >= 15 is 0 Å². The number of hydrogen-bond acceptors (Lipinski definition) is 3. The Bertz CT molecular complexity index is 1030. The molecule has 0 atom stereocenters. The minimum atomic E-state index is -0.270. The molecular weight excluding hydrogens is 414 g/mol. The molecule has 0 aliphatic carbocycles. The van der Waals surface area contributed by atoms with Gasteiger partial charge in [0.25, 0.3) is 0 Å². The van der Waals surface area contributed by atoms with Crippen LogP contribution < -0.4 is 10.6 Å². The molecule has 2 N–H and O–H groups in total. The quantitative estimate of drug-likeness (QED) is 0.505. The highest BCUT2D eigenvalue weighted by Crippen LogP contribution is 2.28. The Kier molecular flexibility index (Phi) is 8.36. The number of hydrogen-bond donors (Lipinski definition) is 2. The van der Waals surface area contributed by atoms with E-state index in [1.54, 1.807) is 29.2 Å². The molecule has 3 rings (SSSR count). The zero-order chi connectivity index (χ0) is 23.6. The van der Waals surface area contributed by atoms with Gasteiger partial charge in [-0.2, -0.15) is 0 Å². The van der Waals surface area contributed by atoms with Crippen molar-refractivity contribution in [2.24, 2.45) is 0 Å². The molecule has 170 valence electrons. The summed E-state index contributed by atoms with van der Waals surface area (Å²) < 4.78 is 0. The molecule has 3 amide bonds. The largest absolute Gasteiger partial charge is 0.334 e. The first-order chi connectivity index (χ1) is 16.0. The first-order valence-corrected chi connectivity index (χ1v) is 11.0. The normalized spacial score (nSPS) is 10.5. The van der Waals surface area contributed by atoms with E-state index in [1.165, 1.54) is 6.92 Å². The summed E-state index contributed by atoms with van der Waals surface area (Å²) in [5, 5.41) is 5.50. The number of amides is 3. The summed E-state index contributed by atoms with van der Waals surface area (Å²) >= 11 is 0. The minimum Gasteiger partial charge on any atom is -0.334 e. The van der Waals surface area contributed by atoms with Gasteiger partial charge in [-0.25, -0.2) is 0 Å². The summed E-state index contributed by atoms with van der Waals surface area (Å²) in [5.41, 5.74) is 3.39. The van der Waals surface area contributed by atoms with Crippen LogP contribution in [0.3, 0.4) is 0 Å². The maximum atomic E-state index is 13.2. The molecule has 6 nitrogen and oxygen atoms in total. The second kappa shape index (κ2) is 11.6. The SMILES string of the molecule is CCN(CC(=O)Nc1ccc(NC(C)=O)cc1)C(=O)CC(c1ccccc1)c1ccccc1. The predicted molar refractivity (Wildman–Crippen MR) is 131 cm³/mol. The van der Waals surface area contributed by atoms with Crippen molar-refractivity contribution in [3.8, 4) is 0 Å². The van der Waals surface area contributed by atoms with Gasteiger partial charge >= 0.3 is 0 Å². The van der Waals surface area contributed by atoms with Gasteiger partial charge in [-0.15, -0.1) is 0 Å². The molecule has 3 aromatic rings. The molecule has 0 spiro atoms. The van der Waals surface area contributed by atoms with E-state index in [2.05, 4.69) is 10.6 Å². The van der Waals surface area contributed by atoms with Crippen molar-refractivity contribution in [2.75, 3.05) is 23.7 Å². The van der Waals surface area contributed by atoms with Crippen molar-refractivity contribution >= 4 is 29.1 Å². The van der Waals surface area contributed by atoms with Gasteiger partial charge in [0.1, 0.15) is 0 Å². The van der Waals surface area contributed by atoms with Crippen molar-refractivity contribution in [3.63, 3.8) is 0 Å². The third-order valence-corrected chi connectivity index (χ3v) is 5.34. The maximum Gasteiger partial charge on any atom is 0.243 e. The number of carbonyl (C=O) groups is 3. The van der Waals surface area contributed by atoms with Crippen LogP contribution in [0.4, 0.5) is 11.4 Å². The van der Waals surface area contributed by atoms with Gasteiger partial charge < -0.3 is 15.5 Å². The molecule has 0 unspecified atom stereocenters. The summed E-state index contributed by atoms with van der Waals surface area (Å²) in [7, 11) is 0. The third-order valence-electron chi connectivity index (χ3n) is 5.34. The summed E-state index contributed by atoms with van der Waals surface area (Å²) in [4.78, 5) is 38.5. The molecule has 6 heteroatoms. The van der Waals surface area contributed by atoms with E-state index in [4.69, 9.17) is 0 Å². The number of benzene rings is 3. The molecular formula is C27H29N3O3. The number of rotatable bonds is 9. The van der Waals surface area contributed by atoms with E-state index in [-0.39, 0.29) is 36.6 Å². The summed E-state index contributed by atoms with van der Waals surface area (Å²) in [6.07, 6.45) is 0.278. The Morgan fingerprint density at radius 1 is 0.758 bits per heavy atom. The van der Waals surface area contributed by atoms with Gasteiger partial charge in [-0.3, -0.25) is 14.4 Å². The summed E-state index contributed by atoms with van der Waals surface area (Å²) in [6, 6.07) is 26.7. The van der Waals surface area contributed by atoms with Gasteiger partial charge in [-0.1, -0.05) is 60.7 Å². The molecule has 0 fully saturated rings. The van der Waals surface area contributed by atoms with Crippen LogP contribution in [0.5, 0.6) is 0 Å². The molecule has 0 heterocycles. The number of anilines is 2. The first kappa shape index (κ1) is 23.7. The van der Waals surface area contributed by atoms with Gasteiger partial charge in [0.05, 0.1) is 6.54 Å². The van der Waals surface area contributed by atoms with E-state index in [0.717, 1.165) is 11.1 Å².